The van der Waals surface area contributed by atoms with Gasteiger partial charge in [-0.1, -0.05) is 22.9 Å². The zero-order chi connectivity index (χ0) is 12.3. The minimum absolute atomic E-state index is 0.191. The lowest BCUT2D eigenvalue weighted by atomic mass is 10.1. The van der Waals surface area contributed by atoms with Crippen molar-refractivity contribution in [1.82, 2.24) is 5.32 Å². The molecule has 1 aromatic carbocycles. The number of halogens is 2. The van der Waals surface area contributed by atoms with E-state index in [9.17, 15) is 4.39 Å². The van der Waals surface area contributed by atoms with Gasteiger partial charge in [0, 0.05) is 29.2 Å². The molecule has 1 aromatic rings. The highest BCUT2D eigenvalue weighted by Crippen LogP contribution is 2.25. The van der Waals surface area contributed by atoms with Gasteiger partial charge in [-0.3, -0.25) is 0 Å². The van der Waals surface area contributed by atoms with Crippen molar-refractivity contribution < 1.29 is 9.13 Å². The normalized spacial score (nSPS) is 25.6. The van der Waals surface area contributed by atoms with Gasteiger partial charge in [0.15, 0.2) is 0 Å². The molecular formula is C13H17BrFNO. The van der Waals surface area contributed by atoms with E-state index in [0.29, 0.717) is 24.8 Å². The van der Waals surface area contributed by atoms with Crippen molar-refractivity contribution in [2.75, 3.05) is 13.2 Å². The largest absolute Gasteiger partial charge is 0.372 e. The van der Waals surface area contributed by atoms with E-state index >= 15 is 0 Å². The van der Waals surface area contributed by atoms with Crippen LogP contribution in [0.15, 0.2) is 22.7 Å². The fraction of sp³-hybridized carbons (Fsp3) is 0.538. The molecule has 1 heterocycles. The van der Waals surface area contributed by atoms with E-state index in [-0.39, 0.29) is 11.9 Å². The maximum absolute atomic E-state index is 13.7. The summed E-state index contributed by atoms with van der Waals surface area (Å²) in [4.78, 5) is 0. The molecule has 94 valence electrons. The molecule has 0 amide bonds. The molecule has 0 spiro atoms. The zero-order valence-corrected chi connectivity index (χ0v) is 11.5. The molecule has 4 heteroatoms. The summed E-state index contributed by atoms with van der Waals surface area (Å²) in [6.45, 7) is 3.51. The lowest BCUT2D eigenvalue weighted by Crippen LogP contribution is -2.30. The highest BCUT2D eigenvalue weighted by molar-refractivity contribution is 9.10. The topological polar surface area (TPSA) is 21.3 Å². The first-order chi connectivity index (χ1) is 8.20. The fourth-order valence-electron chi connectivity index (χ4n) is 2.10. The third-order valence-corrected chi connectivity index (χ3v) is 3.67. The standard InChI is InChI=1S/C13H17BrFNO/c1-2-10-5-6-17-13(8-16-10)11-7-9(14)3-4-12(11)15/h3-4,7,10,13,16H,2,5-6,8H2,1H3. The number of benzene rings is 1. The molecular weight excluding hydrogens is 285 g/mol. The van der Waals surface area contributed by atoms with Crippen molar-refractivity contribution in [2.24, 2.45) is 0 Å². The Morgan fingerprint density at radius 1 is 1.53 bits per heavy atom. The van der Waals surface area contributed by atoms with Crippen LogP contribution < -0.4 is 5.32 Å². The van der Waals surface area contributed by atoms with Gasteiger partial charge in [-0.2, -0.15) is 0 Å². The molecule has 0 aliphatic carbocycles. The average molecular weight is 302 g/mol. The smallest absolute Gasteiger partial charge is 0.129 e. The molecule has 1 N–H and O–H groups in total. The molecule has 0 saturated carbocycles. The third-order valence-electron chi connectivity index (χ3n) is 3.17. The summed E-state index contributed by atoms with van der Waals surface area (Å²) in [6.07, 6.45) is 1.88. The highest BCUT2D eigenvalue weighted by Gasteiger charge is 2.21. The molecule has 0 bridgehead atoms. The summed E-state index contributed by atoms with van der Waals surface area (Å²) in [7, 11) is 0. The molecule has 2 atom stereocenters. The monoisotopic (exact) mass is 301 g/mol. The first-order valence-electron chi connectivity index (χ1n) is 6.00. The van der Waals surface area contributed by atoms with Gasteiger partial charge in [0.25, 0.3) is 0 Å². The van der Waals surface area contributed by atoms with Crippen molar-refractivity contribution in [2.45, 2.75) is 31.9 Å². The van der Waals surface area contributed by atoms with Crippen LogP contribution in [-0.2, 0) is 4.74 Å². The van der Waals surface area contributed by atoms with E-state index in [2.05, 4.69) is 28.2 Å². The van der Waals surface area contributed by atoms with Crippen molar-refractivity contribution >= 4 is 15.9 Å². The van der Waals surface area contributed by atoms with Gasteiger partial charge in [0.05, 0.1) is 6.10 Å². The summed E-state index contributed by atoms with van der Waals surface area (Å²) < 4.78 is 20.4. The number of hydrogen-bond acceptors (Lipinski definition) is 2. The Balaban J connectivity index is 2.13. The van der Waals surface area contributed by atoms with Crippen LogP contribution in [0.5, 0.6) is 0 Å². The van der Waals surface area contributed by atoms with Crippen LogP contribution >= 0.6 is 15.9 Å². The Morgan fingerprint density at radius 3 is 3.12 bits per heavy atom. The molecule has 0 aromatic heterocycles. The SMILES string of the molecule is CCC1CCOC(c2cc(Br)ccc2F)CN1. The van der Waals surface area contributed by atoms with Crippen LogP contribution in [0.2, 0.25) is 0 Å². The van der Waals surface area contributed by atoms with E-state index in [1.54, 1.807) is 12.1 Å². The Kier molecular flexibility index (Phi) is 4.54. The Bertz CT molecular complexity index is 386. The first-order valence-corrected chi connectivity index (χ1v) is 6.80. The molecule has 2 rings (SSSR count). The summed E-state index contributed by atoms with van der Waals surface area (Å²) in [6, 6.07) is 5.46. The summed E-state index contributed by atoms with van der Waals surface area (Å²) in [5.41, 5.74) is 0.628. The van der Waals surface area contributed by atoms with Gasteiger partial charge in [0.1, 0.15) is 5.82 Å². The number of hydrogen-bond donors (Lipinski definition) is 1. The summed E-state index contributed by atoms with van der Waals surface area (Å²) >= 11 is 3.37. The minimum Gasteiger partial charge on any atom is -0.372 e. The zero-order valence-electron chi connectivity index (χ0n) is 9.88. The first kappa shape index (κ1) is 13.0. The average Bonchev–Trinajstić information content (AvgIpc) is 2.57. The second-order valence-corrected chi connectivity index (χ2v) is 5.24. The van der Waals surface area contributed by atoms with Gasteiger partial charge < -0.3 is 10.1 Å². The maximum atomic E-state index is 13.7. The predicted octanol–water partition coefficient (Wildman–Crippen LogP) is 3.42. The maximum Gasteiger partial charge on any atom is 0.129 e. The van der Waals surface area contributed by atoms with E-state index in [1.165, 1.54) is 6.07 Å². The van der Waals surface area contributed by atoms with Gasteiger partial charge in [-0.15, -0.1) is 0 Å². The van der Waals surface area contributed by atoms with Gasteiger partial charge >= 0.3 is 0 Å². The third kappa shape index (κ3) is 3.27. The molecule has 1 aliphatic rings. The van der Waals surface area contributed by atoms with E-state index in [4.69, 9.17) is 4.74 Å². The fourth-order valence-corrected chi connectivity index (χ4v) is 2.48. The molecule has 1 aliphatic heterocycles. The Hall–Kier alpha value is -0.450. The van der Waals surface area contributed by atoms with Crippen LogP contribution in [0.25, 0.3) is 0 Å². The predicted molar refractivity (Wildman–Crippen MR) is 69.5 cm³/mol. The Morgan fingerprint density at radius 2 is 2.35 bits per heavy atom. The highest BCUT2D eigenvalue weighted by atomic mass is 79.9. The lowest BCUT2D eigenvalue weighted by molar-refractivity contribution is 0.0638. The lowest BCUT2D eigenvalue weighted by Gasteiger charge is -2.17. The summed E-state index contributed by atoms with van der Waals surface area (Å²) in [5.74, 6) is -0.199. The molecule has 2 nitrogen and oxygen atoms in total. The van der Waals surface area contributed by atoms with Crippen LogP contribution in [0.1, 0.15) is 31.4 Å². The van der Waals surface area contributed by atoms with Crippen LogP contribution in [0.3, 0.4) is 0 Å². The van der Waals surface area contributed by atoms with Crippen molar-refractivity contribution in [3.8, 4) is 0 Å². The second kappa shape index (κ2) is 5.94. The van der Waals surface area contributed by atoms with Crippen molar-refractivity contribution in [3.05, 3.63) is 34.1 Å². The van der Waals surface area contributed by atoms with E-state index in [0.717, 1.165) is 17.3 Å². The Labute approximate surface area is 110 Å². The quantitative estimate of drug-likeness (QED) is 0.904. The van der Waals surface area contributed by atoms with Crippen LogP contribution in [0.4, 0.5) is 4.39 Å². The molecule has 17 heavy (non-hydrogen) atoms. The molecule has 2 unspecified atom stereocenters. The molecule has 1 saturated heterocycles. The van der Waals surface area contributed by atoms with Gasteiger partial charge in [-0.25, -0.2) is 4.39 Å². The minimum atomic E-state index is -0.199. The molecule has 0 radical (unpaired) electrons. The molecule has 1 fully saturated rings. The van der Waals surface area contributed by atoms with Crippen LogP contribution in [-0.4, -0.2) is 19.2 Å². The number of rotatable bonds is 2. The van der Waals surface area contributed by atoms with Crippen LogP contribution in [0, 0.1) is 5.82 Å². The number of nitrogens with one attached hydrogen (secondary N) is 1. The number of ether oxygens (including phenoxy) is 1. The van der Waals surface area contributed by atoms with Gasteiger partial charge in [0.2, 0.25) is 0 Å². The van der Waals surface area contributed by atoms with Gasteiger partial charge in [-0.05, 0) is 31.0 Å². The summed E-state index contributed by atoms with van der Waals surface area (Å²) in [5, 5.41) is 3.42. The van der Waals surface area contributed by atoms with E-state index in [1.807, 2.05) is 0 Å². The van der Waals surface area contributed by atoms with E-state index < -0.39 is 0 Å². The van der Waals surface area contributed by atoms with Crippen molar-refractivity contribution in [1.29, 1.82) is 0 Å². The van der Waals surface area contributed by atoms with Crippen molar-refractivity contribution in [3.63, 3.8) is 0 Å². The second-order valence-electron chi connectivity index (χ2n) is 4.33.